The van der Waals surface area contributed by atoms with E-state index in [4.69, 9.17) is 0 Å². The van der Waals surface area contributed by atoms with Crippen LogP contribution in [0, 0.1) is 11.3 Å². The number of halogens is 1. The average molecular weight is 322 g/mol. The van der Waals surface area contributed by atoms with Gasteiger partial charge in [0.25, 0.3) is 0 Å². The first-order chi connectivity index (χ1) is 9.00. The molecule has 1 saturated carbocycles. The highest BCUT2D eigenvalue weighted by Crippen LogP contribution is 2.56. The third kappa shape index (κ3) is 2.22. The Hall–Kier alpha value is -1.16. The Labute approximate surface area is 120 Å². The predicted octanol–water partition coefficient (Wildman–Crippen LogP) is 3.00. The second-order valence-corrected chi connectivity index (χ2v) is 6.77. The molecule has 1 aliphatic heterocycles. The molecule has 1 aromatic carbocycles. The van der Waals surface area contributed by atoms with Gasteiger partial charge in [-0.2, -0.15) is 0 Å². The van der Waals surface area contributed by atoms with E-state index in [0.29, 0.717) is 12.3 Å². The van der Waals surface area contributed by atoms with Crippen molar-refractivity contribution in [3.63, 3.8) is 0 Å². The lowest BCUT2D eigenvalue weighted by molar-refractivity contribution is -0.140. The van der Waals surface area contributed by atoms with E-state index >= 15 is 0 Å². The number of benzene rings is 1. The molecule has 2 fully saturated rings. The number of rotatable bonds is 2. The van der Waals surface area contributed by atoms with Crippen molar-refractivity contribution in [1.82, 2.24) is 5.32 Å². The van der Waals surface area contributed by atoms with Gasteiger partial charge in [-0.1, -0.05) is 35.0 Å². The minimum Gasteiger partial charge on any atom is -0.296 e. The fourth-order valence-corrected chi connectivity index (χ4v) is 3.76. The number of imide groups is 1. The van der Waals surface area contributed by atoms with Crippen molar-refractivity contribution in [2.75, 3.05) is 0 Å². The van der Waals surface area contributed by atoms with Crippen LogP contribution in [0.4, 0.5) is 0 Å². The summed E-state index contributed by atoms with van der Waals surface area (Å²) in [5.74, 6) is -0.0175. The van der Waals surface area contributed by atoms with Crippen LogP contribution < -0.4 is 5.32 Å². The van der Waals surface area contributed by atoms with Gasteiger partial charge in [-0.3, -0.25) is 14.9 Å². The lowest BCUT2D eigenvalue weighted by Crippen LogP contribution is -2.50. The number of piperidine rings is 1. The second-order valence-electron chi connectivity index (χ2n) is 5.86. The molecule has 0 bridgehead atoms. The summed E-state index contributed by atoms with van der Waals surface area (Å²) in [5, 5.41) is 2.49. The lowest BCUT2D eigenvalue weighted by atomic mass is 9.65. The van der Waals surface area contributed by atoms with Gasteiger partial charge in [0, 0.05) is 10.9 Å². The summed E-state index contributed by atoms with van der Waals surface area (Å²) in [6.07, 6.45) is 2.70. The van der Waals surface area contributed by atoms with Crippen LogP contribution >= 0.6 is 15.9 Å². The van der Waals surface area contributed by atoms with Gasteiger partial charge in [-0.25, -0.2) is 0 Å². The Morgan fingerprint density at radius 1 is 1.32 bits per heavy atom. The molecule has 100 valence electrons. The number of hydrogen-bond acceptors (Lipinski definition) is 2. The number of amides is 2. The van der Waals surface area contributed by atoms with Crippen LogP contribution in [-0.2, 0) is 9.59 Å². The van der Waals surface area contributed by atoms with Gasteiger partial charge in [0.15, 0.2) is 0 Å². The largest absolute Gasteiger partial charge is 0.296 e. The molecular weight excluding hydrogens is 306 g/mol. The zero-order valence-corrected chi connectivity index (χ0v) is 12.4. The summed E-state index contributed by atoms with van der Waals surface area (Å²) in [4.78, 5) is 24.0. The molecule has 1 saturated heterocycles. The normalized spacial score (nSPS) is 31.2. The van der Waals surface area contributed by atoms with E-state index in [9.17, 15) is 9.59 Å². The molecule has 4 heteroatoms. The van der Waals surface area contributed by atoms with Crippen molar-refractivity contribution in [3.05, 3.63) is 34.3 Å². The Morgan fingerprint density at radius 3 is 2.68 bits per heavy atom. The smallest absolute Gasteiger partial charge is 0.234 e. The van der Waals surface area contributed by atoms with E-state index < -0.39 is 0 Å². The molecular formula is C15H16BrNO2. The zero-order valence-electron chi connectivity index (χ0n) is 10.8. The number of nitrogens with one attached hydrogen (secondary N) is 1. The Kier molecular flexibility index (Phi) is 3.01. The van der Waals surface area contributed by atoms with Gasteiger partial charge >= 0.3 is 0 Å². The van der Waals surface area contributed by atoms with Crippen LogP contribution in [-0.4, -0.2) is 11.8 Å². The molecule has 0 aromatic heterocycles. The van der Waals surface area contributed by atoms with Crippen LogP contribution in [0.15, 0.2) is 28.7 Å². The van der Waals surface area contributed by atoms with Gasteiger partial charge in [0.05, 0.1) is 5.92 Å². The van der Waals surface area contributed by atoms with Crippen LogP contribution in [0.25, 0.3) is 0 Å². The molecule has 1 aliphatic carbocycles. The van der Waals surface area contributed by atoms with Crippen LogP contribution in [0.5, 0.6) is 0 Å². The molecule has 0 radical (unpaired) electrons. The number of carbonyl (C=O) groups excluding carboxylic acids is 2. The number of carbonyl (C=O) groups is 2. The first kappa shape index (κ1) is 12.9. The molecule has 1 heterocycles. The highest BCUT2D eigenvalue weighted by atomic mass is 79.9. The minimum atomic E-state index is -0.236. The van der Waals surface area contributed by atoms with Gasteiger partial charge in [0.1, 0.15) is 0 Å². The highest BCUT2D eigenvalue weighted by molar-refractivity contribution is 9.10. The fraction of sp³-hybridized carbons (Fsp3) is 0.467. The van der Waals surface area contributed by atoms with Crippen molar-refractivity contribution in [2.24, 2.45) is 11.3 Å². The third-order valence-corrected chi connectivity index (χ3v) is 4.91. The molecule has 0 spiro atoms. The number of hydrogen-bond donors (Lipinski definition) is 1. The maximum Gasteiger partial charge on any atom is 0.234 e. The average Bonchev–Trinajstić information content (AvgIpc) is 3.11. The maximum absolute atomic E-state index is 12.3. The first-order valence-corrected chi connectivity index (χ1v) is 7.39. The summed E-state index contributed by atoms with van der Waals surface area (Å²) in [7, 11) is 0. The van der Waals surface area contributed by atoms with E-state index in [2.05, 4.69) is 28.2 Å². The third-order valence-electron chi connectivity index (χ3n) is 4.42. The second kappa shape index (κ2) is 4.44. The van der Waals surface area contributed by atoms with Crippen LogP contribution in [0.1, 0.15) is 37.7 Å². The maximum atomic E-state index is 12.3. The summed E-state index contributed by atoms with van der Waals surface area (Å²) in [6, 6.07) is 7.85. The van der Waals surface area contributed by atoms with E-state index in [-0.39, 0.29) is 23.1 Å². The molecule has 2 aliphatic rings. The Bertz CT molecular complexity index is 553. The van der Waals surface area contributed by atoms with Crippen LogP contribution in [0.2, 0.25) is 0 Å². The van der Waals surface area contributed by atoms with Crippen molar-refractivity contribution < 1.29 is 9.59 Å². The van der Waals surface area contributed by atoms with Crippen molar-refractivity contribution in [2.45, 2.75) is 32.1 Å². The molecule has 3 rings (SSSR count). The molecule has 2 amide bonds. The van der Waals surface area contributed by atoms with E-state index in [0.717, 1.165) is 22.9 Å². The minimum absolute atomic E-state index is 0.134. The van der Waals surface area contributed by atoms with E-state index in [1.807, 2.05) is 24.3 Å². The van der Waals surface area contributed by atoms with Gasteiger partial charge < -0.3 is 0 Å². The fourth-order valence-electron chi connectivity index (χ4n) is 3.34. The summed E-state index contributed by atoms with van der Waals surface area (Å²) < 4.78 is 0.966. The SMILES string of the molecule is CC1(C2CC2)CC(=O)NC(=O)C1c1cccc(Br)c1. The topological polar surface area (TPSA) is 46.2 Å². The standard InChI is InChI=1S/C15H16BrNO2/c1-15(10-5-6-10)8-12(18)17-14(19)13(15)9-3-2-4-11(16)7-9/h2-4,7,10,13H,5-6,8H2,1H3,(H,17,18,19). The molecule has 2 atom stereocenters. The zero-order chi connectivity index (χ0) is 13.6. The first-order valence-electron chi connectivity index (χ1n) is 6.60. The van der Waals surface area contributed by atoms with Crippen molar-refractivity contribution >= 4 is 27.7 Å². The van der Waals surface area contributed by atoms with Gasteiger partial charge in [0.2, 0.25) is 11.8 Å². The van der Waals surface area contributed by atoms with Crippen molar-refractivity contribution in [3.8, 4) is 0 Å². The summed E-state index contributed by atoms with van der Waals surface area (Å²) in [5.41, 5.74) is 0.758. The Morgan fingerprint density at radius 2 is 2.05 bits per heavy atom. The summed E-state index contributed by atoms with van der Waals surface area (Å²) in [6.45, 7) is 2.09. The highest BCUT2D eigenvalue weighted by Gasteiger charge is 2.53. The molecule has 3 nitrogen and oxygen atoms in total. The molecule has 2 unspecified atom stereocenters. The van der Waals surface area contributed by atoms with Crippen LogP contribution in [0.3, 0.4) is 0 Å². The van der Waals surface area contributed by atoms with Gasteiger partial charge in [-0.05, 0) is 41.9 Å². The summed E-state index contributed by atoms with van der Waals surface area (Å²) >= 11 is 3.45. The molecule has 1 N–H and O–H groups in total. The molecule has 1 aromatic rings. The van der Waals surface area contributed by atoms with Gasteiger partial charge in [-0.15, -0.1) is 0 Å². The van der Waals surface area contributed by atoms with E-state index in [1.165, 1.54) is 0 Å². The molecule has 19 heavy (non-hydrogen) atoms. The van der Waals surface area contributed by atoms with E-state index in [1.54, 1.807) is 0 Å². The quantitative estimate of drug-likeness (QED) is 0.851. The monoisotopic (exact) mass is 321 g/mol. The van der Waals surface area contributed by atoms with Crippen molar-refractivity contribution in [1.29, 1.82) is 0 Å². The lowest BCUT2D eigenvalue weighted by Gasteiger charge is -2.40. The predicted molar refractivity (Wildman–Crippen MR) is 75.5 cm³/mol. The Balaban J connectivity index is 2.04.